The Morgan fingerprint density at radius 1 is 1.50 bits per heavy atom. The van der Waals surface area contributed by atoms with Gasteiger partial charge in [0.15, 0.2) is 0 Å². The molecular formula is C12H17N3O3. The van der Waals surface area contributed by atoms with Crippen LogP contribution in [0.3, 0.4) is 0 Å². The topological polar surface area (TPSA) is 89.5 Å². The SMILES string of the molecule is CCN(CCN)C(=O)c1cccc(C)c1[N+](=O)[O-]. The van der Waals surface area contributed by atoms with Crippen molar-refractivity contribution in [3.63, 3.8) is 0 Å². The number of nitro groups is 1. The van der Waals surface area contributed by atoms with Crippen molar-refractivity contribution in [2.24, 2.45) is 5.73 Å². The molecule has 6 nitrogen and oxygen atoms in total. The fourth-order valence-electron chi connectivity index (χ4n) is 1.80. The zero-order valence-electron chi connectivity index (χ0n) is 10.5. The molecule has 1 amide bonds. The maximum atomic E-state index is 12.2. The van der Waals surface area contributed by atoms with Crippen LogP contribution in [0.5, 0.6) is 0 Å². The van der Waals surface area contributed by atoms with Crippen LogP contribution in [0.4, 0.5) is 5.69 Å². The lowest BCUT2D eigenvalue weighted by atomic mass is 10.1. The fourth-order valence-corrected chi connectivity index (χ4v) is 1.80. The Morgan fingerprint density at radius 3 is 2.67 bits per heavy atom. The minimum atomic E-state index is -0.515. The minimum absolute atomic E-state index is 0.121. The predicted octanol–water partition coefficient (Wildman–Crippen LogP) is 1.32. The first kappa shape index (κ1) is 14.1. The predicted molar refractivity (Wildman–Crippen MR) is 68.5 cm³/mol. The van der Waals surface area contributed by atoms with Crippen LogP contribution in [0.2, 0.25) is 0 Å². The minimum Gasteiger partial charge on any atom is -0.337 e. The van der Waals surface area contributed by atoms with Gasteiger partial charge in [-0.3, -0.25) is 14.9 Å². The zero-order valence-corrected chi connectivity index (χ0v) is 10.5. The van der Waals surface area contributed by atoms with E-state index >= 15 is 0 Å². The lowest BCUT2D eigenvalue weighted by Crippen LogP contribution is -2.35. The summed E-state index contributed by atoms with van der Waals surface area (Å²) in [7, 11) is 0. The Labute approximate surface area is 106 Å². The van der Waals surface area contributed by atoms with Crippen molar-refractivity contribution in [3.05, 3.63) is 39.4 Å². The molecule has 98 valence electrons. The van der Waals surface area contributed by atoms with Gasteiger partial charge in [-0.1, -0.05) is 12.1 Å². The maximum Gasteiger partial charge on any atom is 0.285 e. The third-order valence-electron chi connectivity index (χ3n) is 2.72. The van der Waals surface area contributed by atoms with E-state index in [0.29, 0.717) is 25.2 Å². The molecule has 0 atom stereocenters. The van der Waals surface area contributed by atoms with Crippen molar-refractivity contribution in [1.82, 2.24) is 4.90 Å². The van der Waals surface area contributed by atoms with E-state index < -0.39 is 4.92 Å². The quantitative estimate of drug-likeness (QED) is 0.631. The van der Waals surface area contributed by atoms with Gasteiger partial charge in [-0.05, 0) is 19.9 Å². The number of hydrogen-bond acceptors (Lipinski definition) is 4. The molecule has 0 heterocycles. The lowest BCUT2D eigenvalue weighted by molar-refractivity contribution is -0.385. The summed E-state index contributed by atoms with van der Waals surface area (Å²) >= 11 is 0. The zero-order chi connectivity index (χ0) is 13.7. The fraction of sp³-hybridized carbons (Fsp3) is 0.417. The summed E-state index contributed by atoms with van der Waals surface area (Å²) in [4.78, 5) is 24.2. The molecule has 1 aromatic carbocycles. The molecule has 0 saturated heterocycles. The third-order valence-corrected chi connectivity index (χ3v) is 2.72. The molecule has 0 spiro atoms. The van der Waals surface area contributed by atoms with Gasteiger partial charge < -0.3 is 10.6 Å². The van der Waals surface area contributed by atoms with Gasteiger partial charge in [-0.2, -0.15) is 0 Å². The smallest absolute Gasteiger partial charge is 0.285 e. The number of likely N-dealkylation sites (N-methyl/N-ethyl adjacent to an activating group) is 1. The van der Waals surface area contributed by atoms with E-state index in [1.807, 2.05) is 6.92 Å². The van der Waals surface area contributed by atoms with Crippen LogP contribution >= 0.6 is 0 Å². The monoisotopic (exact) mass is 251 g/mol. The van der Waals surface area contributed by atoms with E-state index in [0.717, 1.165) is 0 Å². The third kappa shape index (κ3) is 2.84. The molecule has 0 unspecified atom stereocenters. The molecule has 0 radical (unpaired) electrons. The number of para-hydroxylation sites is 1. The number of carbonyl (C=O) groups is 1. The van der Waals surface area contributed by atoms with Crippen LogP contribution in [0.15, 0.2) is 18.2 Å². The molecule has 18 heavy (non-hydrogen) atoms. The Hall–Kier alpha value is -1.95. The second-order valence-corrected chi connectivity index (χ2v) is 3.90. The highest BCUT2D eigenvalue weighted by atomic mass is 16.6. The summed E-state index contributed by atoms with van der Waals surface area (Å²) in [5, 5.41) is 11.0. The van der Waals surface area contributed by atoms with Crippen LogP contribution in [0, 0.1) is 17.0 Å². The van der Waals surface area contributed by atoms with Crippen LogP contribution in [-0.4, -0.2) is 35.4 Å². The molecular weight excluding hydrogens is 234 g/mol. The van der Waals surface area contributed by atoms with Crippen molar-refractivity contribution in [2.45, 2.75) is 13.8 Å². The highest BCUT2D eigenvalue weighted by Gasteiger charge is 2.25. The second-order valence-electron chi connectivity index (χ2n) is 3.90. The summed E-state index contributed by atoms with van der Waals surface area (Å²) in [6.45, 7) is 4.63. The lowest BCUT2D eigenvalue weighted by Gasteiger charge is -2.20. The molecule has 1 rings (SSSR count). The van der Waals surface area contributed by atoms with Gasteiger partial charge in [0.25, 0.3) is 11.6 Å². The number of carbonyl (C=O) groups excluding carboxylic acids is 1. The number of nitrogens with two attached hydrogens (primary N) is 1. The molecule has 0 bridgehead atoms. The van der Waals surface area contributed by atoms with Crippen LogP contribution in [0.1, 0.15) is 22.8 Å². The van der Waals surface area contributed by atoms with Gasteiger partial charge >= 0.3 is 0 Å². The Morgan fingerprint density at radius 2 is 2.17 bits per heavy atom. The van der Waals surface area contributed by atoms with Crippen molar-refractivity contribution < 1.29 is 9.72 Å². The highest BCUT2D eigenvalue weighted by molar-refractivity contribution is 5.98. The normalized spacial score (nSPS) is 10.2. The Kier molecular flexibility index (Phi) is 4.79. The van der Waals surface area contributed by atoms with Crippen LogP contribution in [0.25, 0.3) is 0 Å². The van der Waals surface area contributed by atoms with Crippen molar-refractivity contribution >= 4 is 11.6 Å². The second kappa shape index (κ2) is 6.11. The Balaban J connectivity index is 3.20. The maximum absolute atomic E-state index is 12.2. The van der Waals surface area contributed by atoms with E-state index in [2.05, 4.69) is 0 Å². The Bertz CT molecular complexity index is 460. The molecule has 0 aliphatic carbocycles. The van der Waals surface area contributed by atoms with E-state index in [1.54, 1.807) is 19.1 Å². The van der Waals surface area contributed by atoms with E-state index in [-0.39, 0.29) is 17.2 Å². The van der Waals surface area contributed by atoms with Crippen LogP contribution < -0.4 is 5.73 Å². The van der Waals surface area contributed by atoms with Gasteiger partial charge in [-0.25, -0.2) is 0 Å². The standard InChI is InChI=1S/C12H17N3O3/c1-3-14(8-7-13)12(16)10-6-4-5-9(2)11(10)15(17)18/h4-6H,3,7-8,13H2,1-2H3. The molecule has 6 heteroatoms. The molecule has 0 saturated carbocycles. The number of benzene rings is 1. The van der Waals surface area contributed by atoms with Gasteiger partial charge in [0.1, 0.15) is 5.56 Å². The van der Waals surface area contributed by atoms with Gasteiger partial charge in [-0.15, -0.1) is 0 Å². The molecule has 0 fully saturated rings. The molecule has 1 aromatic rings. The van der Waals surface area contributed by atoms with Gasteiger partial charge in [0, 0.05) is 25.2 Å². The summed E-state index contributed by atoms with van der Waals surface area (Å²) in [5.74, 6) is -0.349. The summed E-state index contributed by atoms with van der Waals surface area (Å²) in [5.41, 5.74) is 5.90. The average molecular weight is 251 g/mol. The summed E-state index contributed by atoms with van der Waals surface area (Å²) < 4.78 is 0. The van der Waals surface area contributed by atoms with Gasteiger partial charge in [0.2, 0.25) is 0 Å². The number of amides is 1. The number of aryl methyl sites for hydroxylation is 1. The molecule has 2 N–H and O–H groups in total. The number of nitro benzene ring substituents is 1. The first-order chi connectivity index (χ1) is 8.52. The summed E-state index contributed by atoms with van der Waals surface area (Å²) in [6.07, 6.45) is 0. The summed E-state index contributed by atoms with van der Waals surface area (Å²) in [6, 6.07) is 4.74. The first-order valence-electron chi connectivity index (χ1n) is 5.76. The molecule has 0 aromatic heterocycles. The van der Waals surface area contributed by atoms with E-state index in [9.17, 15) is 14.9 Å². The highest BCUT2D eigenvalue weighted by Crippen LogP contribution is 2.24. The molecule has 0 aliphatic heterocycles. The van der Waals surface area contributed by atoms with Crippen molar-refractivity contribution in [2.75, 3.05) is 19.6 Å². The van der Waals surface area contributed by atoms with Gasteiger partial charge in [0.05, 0.1) is 4.92 Å². The number of nitrogens with zero attached hydrogens (tertiary/aromatic N) is 2. The van der Waals surface area contributed by atoms with Crippen molar-refractivity contribution in [3.8, 4) is 0 Å². The molecule has 0 aliphatic rings. The largest absolute Gasteiger partial charge is 0.337 e. The first-order valence-corrected chi connectivity index (χ1v) is 5.76. The van der Waals surface area contributed by atoms with E-state index in [1.165, 1.54) is 11.0 Å². The number of hydrogen-bond donors (Lipinski definition) is 1. The average Bonchev–Trinajstić information content (AvgIpc) is 2.34. The van der Waals surface area contributed by atoms with E-state index in [4.69, 9.17) is 5.73 Å². The number of rotatable bonds is 5. The van der Waals surface area contributed by atoms with Crippen LogP contribution in [-0.2, 0) is 0 Å². The van der Waals surface area contributed by atoms with Crippen molar-refractivity contribution in [1.29, 1.82) is 0 Å².